The van der Waals surface area contributed by atoms with Crippen molar-refractivity contribution in [3.05, 3.63) is 35.4 Å². The molecule has 0 fully saturated rings. The summed E-state index contributed by atoms with van der Waals surface area (Å²) in [5.41, 5.74) is 1.85. The monoisotopic (exact) mass is 227 g/mol. The molecule has 4 nitrogen and oxygen atoms in total. The van der Waals surface area contributed by atoms with Crippen LogP contribution in [0.3, 0.4) is 0 Å². The van der Waals surface area contributed by atoms with Crippen molar-refractivity contribution >= 4 is 15.5 Å². The number of benzene rings is 1. The molecule has 0 aliphatic rings. The van der Waals surface area contributed by atoms with E-state index in [-0.39, 0.29) is 11.5 Å². The molecule has 0 unspecified atom stereocenters. The van der Waals surface area contributed by atoms with Crippen molar-refractivity contribution in [1.82, 2.24) is 0 Å². The molecule has 1 N–H and O–H groups in total. The van der Waals surface area contributed by atoms with Crippen molar-refractivity contribution in [3.8, 4) is 0 Å². The minimum Gasteiger partial charge on any atom is -0.411 e. The van der Waals surface area contributed by atoms with Crippen LogP contribution in [0.15, 0.2) is 29.4 Å². The van der Waals surface area contributed by atoms with Gasteiger partial charge in [0.25, 0.3) is 0 Å². The highest BCUT2D eigenvalue weighted by Gasteiger charge is 2.11. The van der Waals surface area contributed by atoms with Crippen LogP contribution in [0.5, 0.6) is 0 Å². The van der Waals surface area contributed by atoms with Crippen LogP contribution < -0.4 is 0 Å². The molecule has 0 amide bonds. The molecule has 0 heterocycles. The van der Waals surface area contributed by atoms with Gasteiger partial charge in [0.15, 0.2) is 9.84 Å². The molecule has 0 bridgehead atoms. The first-order valence-electron chi connectivity index (χ1n) is 4.38. The molecule has 1 rings (SSSR count). The Hall–Kier alpha value is -1.36. The average Bonchev–Trinajstić information content (AvgIpc) is 2.14. The SMILES string of the molecule is Cc1ccc(/C(CS(C)(=O)=O)=N\O)cc1. The molecule has 0 radical (unpaired) electrons. The summed E-state index contributed by atoms with van der Waals surface area (Å²) >= 11 is 0. The van der Waals surface area contributed by atoms with Crippen LogP contribution >= 0.6 is 0 Å². The largest absolute Gasteiger partial charge is 0.411 e. The lowest BCUT2D eigenvalue weighted by molar-refractivity contribution is 0.319. The molecular weight excluding hydrogens is 214 g/mol. The highest BCUT2D eigenvalue weighted by atomic mass is 32.2. The summed E-state index contributed by atoms with van der Waals surface area (Å²) in [7, 11) is -3.18. The zero-order chi connectivity index (χ0) is 11.5. The fraction of sp³-hybridized carbons (Fsp3) is 0.300. The zero-order valence-electron chi connectivity index (χ0n) is 8.64. The van der Waals surface area contributed by atoms with Gasteiger partial charge in [0, 0.05) is 11.8 Å². The van der Waals surface area contributed by atoms with Gasteiger partial charge in [-0.05, 0) is 6.92 Å². The molecule has 0 atom stereocenters. The second kappa shape index (κ2) is 4.44. The molecule has 0 saturated heterocycles. The molecule has 1 aromatic carbocycles. The summed E-state index contributed by atoms with van der Waals surface area (Å²) in [4.78, 5) is 0. The summed E-state index contributed by atoms with van der Waals surface area (Å²) in [6, 6.07) is 7.14. The number of nitrogens with zero attached hydrogens (tertiary/aromatic N) is 1. The molecule has 1 aromatic rings. The van der Waals surface area contributed by atoms with Crippen molar-refractivity contribution in [2.75, 3.05) is 12.0 Å². The molecule has 0 aliphatic heterocycles. The smallest absolute Gasteiger partial charge is 0.153 e. The highest BCUT2D eigenvalue weighted by molar-refractivity contribution is 7.91. The fourth-order valence-electron chi connectivity index (χ4n) is 1.16. The van der Waals surface area contributed by atoms with Crippen LogP contribution in [0, 0.1) is 6.92 Å². The Morgan fingerprint density at radius 1 is 1.33 bits per heavy atom. The lowest BCUT2D eigenvalue weighted by Crippen LogP contribution is -2.15. The molecule has 82 valence electrons. The summed E-state index contributed by atoms with van der Waals surface area (Å²) in [6.45, 7) is 1.93. The van der Waals surface area contributed by atoms with Gasteiger partial charge in [-0.15, -0.1) is 0 Å². The van der Waals surface area contributed by atoms with Crippen molar-refractivity contribution in [1.29, 1.82) is 0 Å². The maximum atomic E-state index is 11.0. The number of sulfone groups is 1. The van der Waals surface area contributed by atoms with Gasteiger partial charge < -0.3 is 5.21 Å². The average molecular weight is 227 g/mol. The van der Waals surface area contributed by atoms with Crippen LogP contribution in [-0.2, 0) is 9.84 Å². The normalized spacial score (nSPS) is 12.8. The van der Waals surface area contributed by atoms with E-state index in [4.69, 9.17) is 5.21 Å². The maximum absolute atomic E-state index is 11.0. The second-order valence-electron chi connectivity index (χ2n) is 3.48. The predicted molar refractivity (Wildman–Crippen MR) is 59.2 cm³/mol. The van der Waals surface area contributed by atoms with E-state index in [1.165, 1.54) is 0 Å². The Labute approximate surface area is 89.2 Å². The van der Waals surface area contributed by atoms with Crippen LogP contribution in [0.4, 0.5) is 0 Å². The van der Waals surface area contributed by atoms with E-state index < -0.39 is 9.84 Å². The zero-order valence-corrected chi connectivity index (χ0v) is 9.45. The Kier molecular flexibility index (Phi) is 3.47. The first-order chi connectivity index (χ1) is 6.92. The lowest BCUT2D eigenvalue weighted by Gasteiger charge is -2.03. The summed E-state index contributed by atoms with van der Waals surface area (Å²) in [6.07, 6.45) is 1.10. The second-order valence-corrected chi connectivity index (χ2v) is 5.62. The van der Waals surface area contributed by atoms with Crippen molar-refractivity contribution in [2.45, 2.75) is 6.92 Å². The number of hydrogen-bond acceptors (Lipinski definition) is 4. The molecule has 15 heavy (non-hydrogen) atoms. The van der Waals surface area contributed by atoms with Crippen molar-refractivity contribution in [2.24, 2.45) is 5.16 Å². The Morgan fingerprint density at radius 3 is 2.27 bits per heavy atom. The number of hydrogen-bond donors (Lipinski definition) is 1. The Morgan fingerprint density at radius 2 is 1.87 bits per heavy atom. The highest BCUT2D eigenvalue weighted by Crippen LogP contribution is 2.06. The third kappa shape index (κ3) is 3.71. The van der Waals surface area contributed by atoms with Gasteiger partial charge in [-0.2, -0.15) is 0 Å². The van der Waals surface area contributed by atoms with Crippen molar-refractivity contribution < 1.29 is 13.6 Å². The predicted octanol–water partition coefficient (Wildman–Crippen LogP) is 1.22. The fourth-order valence-corrected chi connectivity index (χ4v) is 1.89. The van der Waals surface area contributed by atoms with Gasteiger partial charge in [-0.3, -0.25) is 0 Å². The summed E-state index contributed by atoms with van der Waals surface area (Å²) in [5.74, 6) is -0.257. The molecular formula is C10H13NO3S. The maximum Gasteiger partial charge on any atom is 0.153 e. The van der Waals surface area contributed by atoms with Gasteiger partial charge in [0.05, 0.1) is 5.75 Å². The van der Waals surface area contributed by atoms with Gasteiger partial charge in [0.1, 0.15) is 5.71 Å². The Bertz CT molecular complexity index is 460. The quantitative estimate of drug-likeness (QED) is 0.479. The Balaban J connectivity index is 3.00. The first-order valence-corrected chi connectivity index (χ1v) is 6.44. The van der Waals surface area contributed by atoms with E-state index in [0.29, 0.717) is 5.56 Å². The topological polar surface area (TPSA) is 66.7 Å². The standard InChI is InChI=1S/C10H13NO3S/c1-8-3-5-9(6-4-8)10(11-12)7-15(2,13)14/h3-6,12H,7H2,1-2H3/b11-10-. The number of rotatable bonds is 3. The van der Waals surface area contributed by atoms with E-state index in [1.807, 2.05) is 19.1 Å². The minimum atomic E-state index is -3.18. The van der Waals surface area contributed by atoms with Crippen molar-refractivity contribution in [3.63, 3.8) is 0 Å². The van der Waals surface area contributed by atoms with E-state index in [9.17, 15) is 8.42 Å². The third-order valence-corrected chi connectivity index (χ3v) is 2.70. The molecule has 0 aliphatic carbocycles. The molecule has 0 saturated carbocycles. The van der Waals surface area contributed by atoms with E-state index in [0.717, 1.165) is 11.8 Å². The van der Waals surface area contributed by atoms with E-state index >= 15 is 0 Å². The van der Waals surface area contributed by atoms with Gasteiger partial charge >= 0.3 is 0 Å². The summed E-state index contributed by atoms with van der Waals surface area (Å²) < 4.78 is 22.1. The van der Waals surface area contributed by atoms with E-state index in [1.54, 1.807) is 12.1 Å². The third-order valence-electron chi connectivity index (χ3n) is 1.90. The summed E-state index contributed by atoms with van der Waals surface area (Å²) in [5, 5.41) is 11.7. The van der Waals surface area contributed by atoms with Crippen LogP contribution in [0.1, 0.15) is 11.1 Å². The van der Waals surface area contributed by atoms with E-state index in [2.05, 4.69) is 5.16 Å². The molecule has 0 spiro atoms. The molecule has 5 heteroatoms. The van der Waals surface area contributed by atoms with Crippen LogP contribution in [0.2, 0.25) is 0 Å². The van der Waals surface area contributed by atoms with Gasteiger partial charge in [-0.25, -0.2) is 8.42 Å². The molecule has 0 aromatic heterocycles. The first kappa shape index (κ1) is 11.7. The lowest BCUT2D eigenvalue weighted by atomic mass is 10.1. The van der Waals surface area contributed by atoms with Crippen LogP contribution in [-0.4, -0.2) is 31.3 Å². The van der Waals surface area contributed by atoms with Crippen LogP contribution in [0.25, 0.3) is 0 Å². The minimum absolute atomic E-state index is 0.164. The number of aryl methyl sites for hydroxylation is 1. The van der Waals surface area contributed by atoms with Gasteiger partial charge in [0.2, 0.25) is 0 Å². The number of oxime groups is 1. The van der Waals surface area contributed by atoms with Gasteiger partial charge in [-0.1, -0.05) is 35.0 Å².